The van der Waals surface area contributed by atoms with Gasteiger partial charge in [0.05, 0.1) is 5.56 Å². The van der Waals surface area contributed by atoms with Crippen LogP contribution in [0.15, 0.2) is 17.0 Å². The fourth-order valence-corrected chi connectivity index (χ4v) is 3.86. The molecule has 0 aliphatic carbocycles. The van der Waals surface area contributed by atoms with Crippen molar-refractivity contribution in [1.82, 2.24) is 4.31 Å². The van der Waals surface area contributed by atoms with E-state index in [2.05, 4.69) is 0 Å². The lowest BCUT2D eigenvalue weighted by atomic mass is 10.2. The number of benzene rings is 1. The number of sulfonamides is 1. The number of hydrogen-bond acceptors (Lipinski definition) is 3. The average Bonchev–Trinajstić information content (AvgIpc) is 2.37. The second-order valence-corrected chi connectivity index (χ2v) is 7.26. The summed E-state index contributed by atoms with van der Waals surface area (Å²) in [5, 5.41) is 8.77. The molecule has 0 amide bonds. The molecule has 0 heterocycles. The lowest BCUT2D eigenvalue weighted by Gasteiger charge is -2.23. The highest BCUT2D eigenvalue weighted by molar-refractivity contribution is 7.89. The minimum atomic E-state index is -4.14. The molecule has 0 aliphatic rings. The van der Waals surface area contributed by atoms with Crippen molar-refractivity contribution in [1.29, 1.82) is 0 Å². The topological polar surface area (TPSA) is 74.7 Å². The van der Waals surface area contributed by atoms with Crippen LogP contribution in [0.5, 0.6) is 0 Å². The lowest BCUT2D eigenvalue weighted by molar-refractivity contribution is 0.0691. The zero-order valence-corrected chi connectivity index (χ0v) is 13.5. The summed E-state index contributed by atoms with van der Waals surface area (Å²) in [6, 6.07) is 1.82. The zero-order valence-electron chi connectivity index (χ0n) is 11.9. The van der Waals surface area contributed by atoms with E-state index in [1.54, 1.807) is 6.92 Å². The van der Waals surface area contributed by atoms with Crippen molar-refractivity contribution in [2.45, 2.75) is 25.7 Å². The monoisotopic (exact) mass is 337 g/mol. The number of aromatic carboxylic acids is 1. The average molecular weight is 338 g/mol. The van der Waals surface area contributed by atoms with Gasteiger partial charge in [0, 0.05) is 18.1 Å². The highest BCUT2D eigenvalue weighted by Gasteiger charge is 2.30. The van der Waals surface area contributed by atoms with Gasteiger partial charge in [0.15, 0.2) is 5.82 Å². The molecule has 0 atom stereocenters. The normalized spacial score (nSPS) is 12.1. The summed E-state index contributed by atoms with van der Waals surface area (Å²) >= 11 is 5.71. The lowest BCUT2D eigenvalue weighted by Crippen LogP contribution is -2.34. The molecule has 118 valence electrons. The van der Waals surface area contributed by atoms with Gasteiger partial charge >= 0.3 is 5.97 Å². The van der Waals surface area contributed by atoms with Crippen LogP contribution in [-0.4, -0.2) is 36.9 Å². The number of carboxylic acids is 1. The predicted molar refractivity (Wildman–Crippen MR) is 77.6 cm³/mol. The molecule has 1 aromatic carbocycles. The van der Waals surface area contributed by atoms with E-state index in [1.807, 2.05) is 13.8 Å². The summed E-state index contributed by atoms with van der Waals surface area (Å²) in [6.45, 7) is 5.63. The van der Waals surface area contributed by atoms with Gasteiger partial charge < -0.3 is 5.11 Å². The molecule has 1 aromatic rings. The Bertz CT molecular complexity index is 646. The summed E-state index contributed by atoms with van der Waals surface area (Å²) in [6.07, 6.45) is 0. The van der Waals surface area contributed by atoms with Crippen LogP contribution in [0.4, 0.5) is 4.39 Å². The number of halogens is 2. The van der Waals surface area contributed by atoms with E-state index < -0.39 is 32.3 Å². The van der Waals surface area contributed by atoms with Crippen LogP contribution in [0.2, 0.25) is 5.02 Å². The van der Waals surface area contributed by atoms with Crippen LogP contribution < -0.4 is 0 Å². The largest absolute Gasteiger partial charge is 0.478 e. The molecule has 0 saturated heterocycles. The maximum Gasteiger partial charge on any atom is 0.338 e. The molecule has 0 aliphatic heterocycles. The zero-order chi connectivity index (χ0) is 16.4. The van der Waals surface area contributed by atoms with Gasteiger partial charge in [-0.1, -0.05) is 32.4 Å². The minimum Gasteiger partial charge on any atom is -0.478 e. The first kappa shape index (κ1) is 17.9. The Labute approximate surface area is 128 Å². The van der Waals surface area contributed by atoms with Crippen molar-refractivity contribution >= 4 is 27.6 Å². The number of rotatable bonds is 6. The summed E-state index contributed by atoms with van der Waals surface area (Å²) in [5.74, 6) is -2.83. The molecule has 0 saturated carbocycles. The fraction of sp³-hybridized carbons (Fsp3) is 0.462. The second kappa shape index (κ2) is 6.72. The molecule has 1 N–H and O–H groups in total. The molecule has 0 unspecified atom stereocenters. The first-order chi connectivity index (χ1) is 9.61. The fourth-order valence-electron chi connectivity index (χ4n) is 1.85. The molecule has 0 fully saturated rings. The molecule has 8 heteroatoms. The molecule has 5 nitrogen and oxygen atoms in total. The van der Waals surface area contributed by atoms with Crippen LogP contribution in [0, 0.1) is 11.7 Å². The predicted octanol–water partition coefficient (Wildman–Crippen LogP) is 2.84. The smallest absolute Gasteiger partial charge is 0.338 e. The number of carbonyl (C=O) groups is 1. The van der Waals surface area contributed by atoms with Crippen LogP contribution in [-0.2, 0) is 10.0 Å². The van der Waals surface area contributed by atoms with Gasteiger partial charge in [-0.15, -0.1) is 0 Å². The van der Waals surface area contributed by atoms with E-state index in [0.29, 0.717) is 0 Å². The quantitative estimate of drug-likeness (QED) is 0.866. The molecule has 1 rings (SSSR count). The Morgan fingerprint density at radius 3 is 2.43 bits per heavy atom. The molecule has 0 aromatic heterocycles. The maximum atomic E-state index is 14.2. The van der Waals surface area contributed by atoms with Gasteiger partial charge in [0.1, 0.15) is 4.90 Å². The second-order valence-electron chi connectivity index (χ2n) is 4.92. The number of carboxylic acid groups (broad SMARTS) is 1. The van der Waals surface area contributed by atoms with Crippen LogP contribution >= 0.6 is 11.6 Å². The van der Waals surface area contributed by atoms with Crippen molar-refractivity contribution in [2.75, 3.05) is 13.1 Å². The minimum absolute atomic E-state index is 0.0425. The summed E-state index contributed by atoms with van der Waals surface area (Å²) < 4.78 is 40.2. The van der Waals surface area contributed by atoms with E-state index in [-0.39, 0.29) is 24.0 Å². The van der Waals surface area contributed by atoms with E-state index in [9.17, 15) is 17.6 Å². The Balaban J connectivity index is 3.47. The number of hydrogen-bond donors (Lipinski definition) is 1. The third-order valence-electron chi connectivity index (χ3n) is 2.77. The van der Waals surface area contributed by atoms with E-state index in [0.717, 1.165) is 16.4 Å². The maximum absolute atomic E-state index is 14.2. The van der Waals surface area contributed by atoms with Gasteiger partial charge in [-0.3, -0.25) is 0 Å². The molecule has 0 radical (unpaired) electrons. The van der Waals surface area contributed by atoms with Crippen molar-refractivity contribution in [3.63, 3.8) is 0 Å². The van der Waals surface area contributed by atoms with E-state index in [1.165, 1.54) is 0 Å². The van der Waals surface area contributed by atoms with Crippen LogP contribution in [0.3, 0.4) is 0 Å². The molecular weight excluding hydrogens is 321 g/mol. The standard InChI is InChI=1S/C13H17ClFNO4S/c1-4-16(7-8(2)3)21(19,20)11-6-9(14)5-10(12(11)15)13(17)18/h5-6,8H,4,7H2,1-3H3,(H,17,18). The van der Waals surface area contributed by atoms with E-state index in [4.69, 9.17) is 16.7 Å². The summed E-state index contributed by atoms with van der Waals surface area (Å²) in [5.41, 5.74) is -0.762. The summed E-state index contributed by atoms with van der Waals surface area (Å²) in [7, 11) is -4.14. The first-order valence-corrected chi connectivity index (χ1v) is 8.15. The molecular formula is C13H17ClFNO4S. The van der Waals surface area contributed by atoms with Crippen molar-refractivity contribution in [3.05, 3.63) is 28.5 Å². The number of nitrogens with zero attached hydrogens (tertiary/aromatic N) is 1. The Kier molecular flexibility index (Phi) is 5.72. The Hall–Kier alpha value is -1.18. The third-order valence-corrected chi connectivity index (χ3v) is 4.93. The molecule has 21 heavy (non-hydrogen) atoms. The van der Waals surface area contributed by atoms with Crippen LogP contribution in [0.25, 0.3) is 0 Å². The summed E-state index contributed by atoms with van der Waals surface area (Å²) in [4.78, 5) is 10.3. The third kappa shape index (κ3) is 3.93. The van der Waals surface area contributed by atoms with Gasteiger partial charge in [-0.25, -0.2) is 17.6 Å². The van der Waals surface area contributed by atoms with Gasteiger partial charge in [-0.2, -0.15) is 4.31 Å². The van der Waals surface area contributed by atoms with Gasteiger partial charge in [-0.05, 0) is 18.1 Å². The van der Waals surface area contributed by atoms with E-state index >= 15 is 0 Å². The highest BCUT2D eigenvalue weighted by Crippen LogP contribution is 2.26. The van der Waals surface area contributed by atoms with Crippen molar-refractivity contribution in [3.8, 4) is 0 Å². The Morgan fingerprint density at radius 1 is 1.43 bits per heavy atom. The highest BCUT2D eigenvalue weighted by atomic mass is 35.5. The molecule has 0 spiro atoms. The van der Waals surface area contributed by atoms with Gasteiger partial charge in [0.2, 0.25) is 10.0 Å². The van der Waals surface area contributed by atoms with Crippen LogP contribution in [0.1, 0.15) is 31.1 Å². The van der Waals surface area contributed by atoms with Crippen molar-refractivity contribution in [2.24, 2.45) is 5.92 Å². The molecule has 0 bridgehead atoms. The van der Waals surface area contributed by atoms with Gasteiger partial charge in [0.25, 0.3) is 0 Å². The van der Waals surface area contributed by atoms with Crippen molar-refractivity contribution < 1.29 is 22.7 Å². The first-order valence-electron chi connectivity index (χ1n) is 6.33. The Morgan fingerprint density at radius 2 is 2.00 bits per heavy atom. The SMILES string of the molecule is CCN(CC(C)C)S(=O)(=O)c1cc(Cl)cc(C(=O)O)c1F.